The lowest BCUT2D eigenvalue weighted by Crippen LogP contribution is -2.40. The Morgan fingerprint density at radius 1 is 1.33 bits per heavy atom. The van der Waals surface area contributed by atoms with Crippen molar-refractivity contribution >= 4 is 12.1 Å². The van der Waals surface area contributed by atoms with Gasteiger partial charge in [0.15, 0.2) is 0 Å². The van der Waals surface area contributed by atoms with Crippen molar-refractivity contribution < 1.29 is 19.8 Å². The first-order chi connectivity index (χ1) is 5.43. The van der Waals surface area contributed by atoms with Crippen LogP contribution in [0.2, 0.25) is 0 Å². The second-order valence-electron chi connectivity index (χ2n) is 2.97. The minimum Gasteiger partial charge on any atom is -0.480 e. The summed E-state index contributed by atoms with van der Waals surface area (Å²) in [6, 6.07) is -0.998. The van der Waals surface area contributed by atoms with E-state index in [1.54, 1.807) is 0 Å². The van der Waals surface area contributed by atoms with Crippen LogP contribution in [0.3, 0.4) is 0 Å². The molecule has 0 radical (unpaired) electrons. The highest BCUT2D eigenvalue weighted by atomic mass is 16.4. The van der Waals surface area contributed by atoms with Gasteiger partial charge in [-0.1, -0.05) is 13.8 Å². The predicted octanol–water partition coefficient (Wildman–Crippen LogP) is 0.753. The maximum atomic E-state index is 10.4. The first kappa shape index (κ1) is 10.7. The third-order valence-electron chi connectivity index (χ3n) is 1.30. The third kappa shape index (κ3) is 4.54. The molecule has 0 aliphatic rings. The molecule has 0 aliphatic carbocycles. The molecule has 1 amide bonds. The van der Waals surface area contributed by atoms with Gasteiger partial charge in [-0.15, -0.1) is 0 Å². The zero-order valence-corrected chi connectivity index (χ0v) is 7.07. The monoisotopic (exact) mass is 175 g/mol. The summed E-state index contributed by atoms with van der Waals surface area (Å²) in [5.74, 6) is -0.982. The van der Waals surface area contributed by atoms with Crippen molar-refractivity contribution in [1.29, 1.82) is 0 Å². The Morgan fingerprint density at radius 3 is 2.08 bits per heavy atom. The second kappa shape index (κ2) is 4.58. The van der Waals surface area contributed by atoms with E-state index in [0.717, 1.165) is 0 Å². The van der Waals surface area contributed by atoms with Gasteiger partial charge in [0.2, 0.25) is 0 Å². The standard InChI is InChI=1S/C7H13NO4/c1-4(2)3-5(6(9)10)8-7(11)12/h4-5,8H,3H2,1-2H3,(H,9,10)(H,11,12). The van der Waals surface area contributed by atoms with Gasteiger partial charge in [0, 0.05) is 0 Å². The normalized spacial score (nSPS) is 12.6. The molecule has 0 saturated heterocycles. The van der Waals surface area contributed by atoms with Gasteiger partial charge in [0.25, 0.3) is 0 Å². The van der Waals surface area contributed by atoms with Crippen molar-refractivity contribution in [3.63, 3.8) is 0 Å². The number of rotatable bonds is 4. The fraction of sp³-hybridized carbons (Fsp3) is 0.714. The summed E-state index contributed by atoms with van der Waals surface area (Å²) in [6.07, 6.45) is -0.996. The summed E-state index contributed by atoms with van der Waals surface area (Å²) in [6.45, 7) is 3.67. The lowest BCUT2D eigenvalue weighted by Gasteiger charge is -2.13. The van der Waals surface area contributed by atoms with Crippen LogP contribution in [0, 0.1) is 5.92 Å². The van der Waals surface area contributed by atoms with Gasteiger partial charge in [-0.2, -0.15) is 0 Å². The average molecular weight is 175 g/mol. The molecular weight excluding hydrogens is 162 g/mol. The van der Waals surface area contributed by atoms with Crippen molar-refractivity contribution in [1.82, 2.24) is 5.32 Å². The number of hydrogen-bond acceptors (Lipinski definition) is 2. The van der Waals surface area contributed by atoms with Crippen LogP contribution >= 0.6 is 0 Å². The van der Waals surface area contributed by atoms with Crippen LogP contribution in [0.5, 0.6) is 0 Å². The number of carboxylic acid groups (broad SMARTS) is 2. The van der Waals surface area contributed by atoms with Gasteiger partial charge in [-0.05, 0) is 12.3 Å². The highest BCUT2D eigenvalue weighted by molar-refractivity contribution is 5.79. The summed E-state index contributed by atoms with van der Waals surface area (Å²) in [5.41, 5.74) is 0. The predicted molar refractivity (Wildman–Crippen MR) is 42.0 cm³/mol. The smallest absolute Gasteiger partial charge is 0.405 e. The van der Waals surface area contributed by atoms with E-state index >= 15 is 0 Å². The van der Waals surface area contributed by atoms with Gasteiger partial charge in [-0.25, -0.2) is 9.59 Å². The highest BCUT2D eigenvalue weighted by Crippen LogP contribution is 2.04. The van der Waals surface area contributed by atoms with Gasteiger partial charge >= 0.3 is 12.1 Å². The van der Waals surface area contributed by atoms with Crippen LogP contribution < -0.4 is 5.32 Å². The molecule has 5 heteroatoms. The Kier molecular flexibility index (Phi) is 4.10. The molecule has 0 fully saturated rings. The Morgan fingerprint density at radius 2 is 1.83 bits per heavy atom. The Balaban J connectivity index is 4.04. The molecule has 70 valence electrons. The van der Waals surface area contributed by atoms with E-state index in [-0.39, 0.29) is 5.92 Å². The second-order valence-corrected chi connectivity index (χ2v) is 2.97. The fourth-order valence-electron chi connectivity index (χ4n) is 0.842. The van der Waals surface area contributed by atoms with Gasteiger partial charge in [0.05, 0.1) is 0 Å². The van der Waals surface area contributed by atoms with Crippen LogP contribution in [0.15, 0.2) is 0 Å². The van der Waals surface area contributed by atoms with Crippen molar-refractivity contribution in [2.24, 2.45) is 5.92 Å². The summed E-state index contributed by atoms with van der Waals surface area (Å²) >= 11 is 0. The van der Waals surface area contributed by atoms with Crippen molar-refractivity contribution in [3.05, 3.63) is 0 Å². The van der Waals surface area contributed by atoms with E-state index < -0.39 is 18.1 Å². The molecule has 1 atom stereocenters. The first-order valence-electron chi connectivity index (χ1n) is 3.65. The van der Waals surface area contributed by atoms with E-state index in [1.165, 1.54) is 0 Å². The van der Waals surface area contributed by atoms with Crippen molar-refractivity contribution in [2.45, 2.75) is 26.3 Å². The molecule has 0 spiro atoms. The summed E-state index contributed by atoms with van der Waals surface area (Å²) in [7, 11) is 0. The van der Waals surface area contributed by atoms with E-state index in [4.69, 9.17) is 10.2 Å². The number of nitrogens with one attached hydrogen (secondary N) is 1. The molecule has 5 nitrogen and oxygen atoms in total. The maximum Gasteiger partial charge on any atom is 0.405 e. The van der Waals surface area contributed by atoms with Crippen LogP contribution in [-0.2, 0) is 4.79 Å². The number of hydrogen-bond donors (Lipinski definition) is 3. The highest BCUT2D eigenvalue weighted by Gasteiger charge is 2.20. The third-order valence-corrected chi connectivity index (χ3v) is 1.30. The van der Waals surface area contributed by atoms with Crippen LogP contribution in [-0.4, -0.2) is 28.3 Å². The zero-order valence-electron chi connectivity index (χ0n) is 7.07. The molecule has 12 heavy (non-hydrogen) atoms. The average Bonchev–Trinajstić information content (AvgIpc) is 1.83. The SMILES string of the molecule is CC(C)CC(NC(=O)O)C(=O)O. The van der Waals surface area contributed by atoms with Gasteiger partial charge in [-0.3, -0.25) is 0 Å². The molecular formula is C7H13NO4. The van der Waals surface area contributed by atoms with Crippen LogP contribution in [0.1, 0.15) is 20.3 Å². The quantitative estimate of drug-likeness (QED) is 0.588. The Hall–Kier alpha value is -1.26. The number of aliphatic carboxylic acids is 1. The maximum absolute atomic E-state index is 10.4. The summed E-state index contributed by atoms with van der Waals surface area (Å²) < 4.78 is 0. The molecule has 0 heterocycles. The van der Waals surface area contributed by atoms with Crippen molar-refractivity contribution in [3.8, 4) is 0 Å². The lowest BCUT2D eigenvalue weighted by molar-refractivity contribution is -0.139. The lowest BCUT2D eigenvalue weighted by atomic mass is 10.0. The fourth-order valence-corrected chi connectivity index (χ4v) is 0.842. The minimum absolute atomic E-state index is 0.151. The molecule has 0 aromatic rings. The van der Waals surface area contributed by atoms with E-state index in [2.05, 4.69) is 0 Å². The molecule has 0 bridgehead atoms. The Labute approximate surface area is 70.4 Å². The van der Waals surface area contributed by atoms with Gasteiger partial charge in [0.1, 0.15) is 6.04 Å². The van der Waals surface area contributed by atoms with E-state index in [9.17, 15) is 9.59 Å². The molecule has 0 aromatic carbocycles. The molecule has 0 rings (SSSR count). The summed E-state index contributed by atoms with van der Waals surface area (Å²) in [4.78, 5) is 20.6. The molecule has 0 aliphatic heterocycles. The van der Waals surface area contributed by atoms with E-state index in [1.807, 2.05) is 19.2 Å². The van der Waals surface area contributed by atoms with E-state index in [0.29, 0.717) is 6.42 Å². The molecule has 1 unspecified atom stereocenters. The molecule has 3 N–H and O–H groups in total. The topological polar surface area (TPSA) is 86.6 Å². The number of carbonyl (C=O) groups is 2. The summed E-state index contributed by atoms with van der Waals surface area (Å²) in [5, 5.41) is 18.7. The van der Waals surface area contributed by atoms with Crippen LogP contribution in [0.25, 0.3) is 0 Å². The van der Waals surface area contributed by atoms with Crippen LogP contribution in [0.4, 0.5) is 4.79 Å². The van der Waals surface area contributed by atoms with Crippen molar-refractivity contribution in [2.75, 3.05) is 0 Å². The number of carboxylic acids is 1. The molecule has 0 saturated carbocycles. The number of amides is 1. The zero-order chi connectivity index (χ0) is 9.72. The largest absolute Gasteiger partial charge is 0.480 e. The molecule has 0 aromatic heterocycles. The first-order valence-corrected chi connectivity index (χ1v) is 3.65. The Bertz CT molecular complexity index is 178. The minimum atomic E-state index is -1.30. The van der Waals surface area contributed by atoms with Gasteiger partial charge < -0.3 is 15.5 Å².